The molecule has 25 heavy (non-hydrogen) atoms. The first kappa shape index (κ1) is 17.2. The average Bonchev–Trinajstić information content (AvgIpc) is 2.94. The number of ether oxygens (including phenoxy) is 1. The van der Waals surface area contributed by atoms with E-state index in [0.717, 1.165) is 11.3 Å². The van der Waals surface area contributed by atoms with Crippen molar-refractivity contribution in [2.24, 2.45) is 0 Å². The molecule has 1 N–H and O–H groups in total. The number of hydrogen-bond donors (Lipinski definition) is 1. The Labute approximate surface area is 149 Å². The van der Waals surface area contributed by atoms with E-state index in [1.165, 1.54) is 21.8 Å². The molecule has 0 saturated heterocycles. The van der Waals surface area contributed by atoms with Gasteiger partial charge in [0.1, 0.15) is 12.4 Å². The number of anilines is 1. The lowest BCUT2D eigenvalue weighted by Gasteiger charge is -2.09. The zero-order chi connectivity index (χ0) is 17.8. The van der Waals surface area contributed by atoms with Crippen molar-refractivity contribution in [3.63, 3.8) is 0 Å². The van der Waals surface area contributed by atoms with Gasteiger partial charge >= 0.3 is 0 Å². The number of nitrogens with one attached hydrogen (secondary N) is 1. The van der Waals surface area contributed by atoms with Gasteiger partial charge in [0, 0.05) is 35.3 Å². The lowest BCUT2D eigenvalue weighted by molar-refractivity contribution is -0.116. The third kappa shape index (κ3) is 4.24. The summed E-state index contributed by atoms with van der Waals surface area (Å²) in [7, 11) is 0. The number of carbonyl (C=O) groups excluding carboxylic acids is 1. The van der Waals surface area contributed by atoms with Gasteiger partial charge in [0.25, 0.3) is 5.56 Å². The number of thiazole rings is 1. The molecule has 0 aliphatic rings. The van der Waals surface area contributed by atoms with Crippen LogP contribution in [0.15, 0.2) is 41.3 Å². The Morgan fingerprint density at radius 2 is 2.20 bits per heavy atom. The number of amides is 1. The van der Waals surface area contributed by atoms with E-state index in [-0.39, 0.29) is 18.1 Å². The van der Waals surface area contributed by atoms with Crippen LogP contribution in [-0.4, -0.2) is 15.3 Å². The van der Waals surface area contributed by atoms with Gasteiger partial charge in [0.2, 0.25) is 5.91 Å². The second-order valence-electron chi connectivity index (χ2n) is 5.69. The molecule has 7 heteroatoms. The maximum Gasteiger partial charge on any atom is 0.258 e. The average molecular weight is 357 g/mol. The molecule has 2 aromatic heterocycles. The number of benzene rings is 1. The number of aryl methyl sites for hydroxylation is 1. The normalized spacial score (nSPS) is 10.8. The van der Waals surface area contributed by atoms with Gasteiger partial charge in [-0.3, -0.25) is 14.0 Å². The van der Waals surface area contributed by atoms with Gasteiger partial charge in [-0.25, -0.2) is 4.98 Å². The molecule has 0 radical (unpaired) electrons. The number of fused-ring (bicyclic) bond motifs is 1. The standard InChI is InChI=1S/C18H19N3O3S/c1-3-5-16(22)19-13-6-4-7-15(8-13)24-11-14-9-17(23)21-10-12(2)25-18(21)20-14/h4,6-10H,3,5,11H2,1-2H3,(H,19,22). The summed E-state index contributed by atoms with van der Waals surface area (Å²) in [6.45, 7) is 4.09. The summed E-state index contributed by atoms with van der Waals surface area (Å²) >= 11 is 1.46. The molecule has 0 aliphatic carbocycles. The number of rotatable bonds is 6. The summed E-state index contributed by atoms with van der Waals surface area (Å²) in [5, 5.41) is 2.83. The van der Waals surface area contributed by atoms with Gasteiger partial charge in [-0.2, -0.15) is 0 Å². The summed E-state index contributed by atoms with van der Waals surface area (Å²) in [5.41, 5.74) is 1.15. The molecule has 1 aromatic carbocycles. The first-order valence-corrected chi connectivity index (χ1v) is 8.88. The number of nitrogens with zero attached hydrogens (tertiary/aromatic N) is 2. The van der Waals surface area contributed by atoms with Crippen LogP contribution in [0.3, 0.4) is 0 Å². The fourth-order valence-corrected chi connectivity index (χ4v) is 3.25. The number of hydrogen-bond acceptors (Lipinski definition) is 5. The molecule has 0 bridgehead atoms. The summed E-state index contributed by atoms with van der Waals surface area (Å²) in [6.07, 6.45) is 3.07. The Morgan fingerprint density at radius 1 is 1.36 bits per heavy atom. The van der Waals surface area contributed by atoms with Crippen LogP contribution >= 0.6 is 11.3 Å². The SMILES string of the molecule is CCCC(=O)Nc1cccc(OCc2cc(=O)n3cc(C)sc3n2)c1. The third-order valence-corrected chi connectivity index (χ3v) is 4.42. The second kappa shape index (κ2) is 7.48. The van der Waals surface area contributed by atoms with Crippen LogP contribution in [0.5, 0.6) is 5.75 Å². The molecule has 0 aliphatic heterocycles. The smallest absolute Gasteiger partial charge is 0.258 e. The van der Waals surface area contributed by atoms with Gasteiger partial charge in [-0.15, -0.1) is 11.3 Å². The molecule has 3 aromatic rings. The summed E-state index contributed by atoms with van der Waals surface area (Å²) < 4.78 is 7.26. The molecule has 6 nitrogen and oxygen atoms in total. The molecular formula is C18H19N3O3S. The molecule has 2 heterocycles. The van der Waals surface area contributed by atoms with Crippen molar-refractivity contribution in [1.82, 2.24) is 9.38 Å². The summed E-state index contributed by atoms with van der Waals surface area (Å²) in [6, 6.07) is 8.66. The Morgan fingerprint density at radius 3 is 3.00 bits per heavy atom. The third-order valence-electron chi connectivity index (χ3n) is 3.52. The van der Waals surface area contributed by atoms with E-state index in [9.17, 15) is 9.59 Å². The molecule has 0 unspecified atom stereocenters. The molecule has 3 rings (SSSR count). The van der Waals surface area contributed by atoms with Crippen LogP contribution < -0.4 is 15.6 Å². The zero-order valence-electron chi connectivity index (χ0n) is 14.1. The predicted molar refractivity (Wildman–Crippen MR) is 98.4 cm³/mol. The zero-order valence-corrected chi connectivity index (χ0v) is 14.9. The number of aromatic nitrogens is 2. The maximum absolute atomic E-state index is 12.1. The first-order chi connectivity index (χ1) is 12.0. The van der Waals surface area contributed by atoms with Gasteiger partial charge in [0.15, 0.2) is 4.96 Å². The minimum Gasteiger partial charge on any atom is -0.487 e. The molecule has 0 atom stereocenters. The highest BCUT2D eigenvalue weighted by Gasteiger charge is 2.07. The van der Waals surface area contributed by atoms with Crippen LogP contribution in [0.2, 0.25) is 0 Å². The number of carbonyl (C=O) groups is 1. The Bertz CT molecular complexity index is 962. The minimum atomic E-state index is -0.117. The summed E-state index contributed by atoms with van der Waals surface area (Å²) in [5.74, 6) is 0.589. The van der Waals surface area contributed by atoms with Crippen molar-refractivity contribution in [2.45, 2.75) is 33.3 Å². The highest BCUT2D eigenvalue weighted by Crippen LogP contribution is 2.19. The Balaban J connectivity index is 1.71. The Hall–Kier alpha value is -2.67. The van der Waals surface area contributed by atoms with E-state index in [0.29, 0.717) is 28.5 Å². The quantitative estimate of drug-likeness (QED) is 0.734. The van der Waals surface area contributed by atoms with Crippen molar-refractivity contribution in [3.05, 3.63) is 57.5 Å². The van der Waals surface area contributed by atoms with Crippen molar-refractivity contribution < 1.29 is 9.53 Å². The largest absolute Gasteiger partial charge is 0.487 e. The van der Waals surface area contributed by atoms with Crippen molar-refractivity contribution >= 4 is 27.9 Å². The van der Waals surface area contributed by atoms with Crippen LogP contribution in [-0.2, 0) is 11.4 Å². The topological polar surface area (TPSA) is 72.7 Å². The summed E-state index contributed by atoms with van der Waals surface area (Å²) in [4.78, 5) is 29.9. The molecule has 0 saturated carbocycles. The van der Waals surface area contributed by atoms with Crippen molar-refractivity contribution in [2.75, 3.05) is 5.32 Å². The van der Waals surface area contributed by atoms with Gasteiger partial charge in [0.05, 0.1) is 5.69 Å². The van der Waals surface area contributed by atoms with Crippen LogP contribution in [0.4, 0.5) is 5.69 Å². The minimum absolute atomic E-state index is 0.0205. The monoisotopic (exact) mass is 357 g/mol. The van der Waals surface area contributed by atoms with Crippen LogP contribution in [0, 0.1) is 6.92 Å². The van der Waals surface area contributed by atoms with Gasteiger partial charge in [-0.05, 0) is 25.5 Å². The fraction of sp³-hybridized carbons (Fsp3) is 0.278. The highest BCUT2D eigenvalue weighted by molar-refractivity contribution is 7.16. The van der Waals surface area contributed by atoms with Crippen LogP contribution in [0.25, 0.3) is 4.96 Å². The van der Waals surface area contributed by atoms with Crippen molar-refractivity contribution in [3.8, 4) is 5.75 Å². The van der Waals surface area contributed by atoms with Gasteiger partial charge < -0.3 is 10.1 Å². The molecule has 1 amide bonds. The van der Waals surface area contributed by atoms with Crippen LogP contribution in [0.1, 0.15) is 30.3 Å². The van der Waals surface area contributed by atoms with Gasteiger partial charge in [-0.1, -0.05) is 13.0 Å². The van der Waals surface area contributed by atoms with E-state index in [2.05, 4.69) is 10.3 Å². The van der Waals surface area contributed by atoms with E-state index < -0.39 is 0 Å². The second-order valence-corrected chi connectivity index (χ2v) is 6.91. The maximum atomic E-state index is 12.1. The predicted octanol–water partition coefficient (Wildman–Crippen LogP) is 3.38. The molecule has 0 fully saturated rings. The van der Waals surface area contributed by atoms with E-state index >= 15 is 0 Å². The molecule has 130 valence electrons. The Kier molecular flexibility index (Phi) is 5.14. The van der Waals surface area contributed by atoms with Crippen molar-refractivity contribution in [1.29, 1.82) is 0 Å². The lowest BCUT2D eigenvalue weighted by atomic mass is 10.2. The first-order valence-electron chi connectivity index (χ1n) is 8.06. The van der Waals surface area contributed by atoms with E-state index in [1.54, 1.807) is 18.3 Å². The highest BCUT2D eigenvalue weighted by atomic mass is 32.1. The van der Waals surface area contributed by atoms with E-state index in [1.807, 2.05) is 26.0 Å². The van der Waals surface area contributed by atoms with E-state index in [4.69, 9.17) is 4.74 Å². The lowest BCUT2D eigenvalue weighted by Crippen LogP contribution is -2.14. The molecular weight excluding hydrogens is 338 g/mol. The fourth-order valence-electron chi connectivity index (χ4n) is 2.40. The molecule has 0 spiro atoms.